The number of carbonyl (C=O) groups is 2. The van der Waals surface area contributed by atoms with E-state index in [1.54, 1.807) is 30.7 Å². The molecule has 2 aromatic heterocycles. The Balaban J connectivity index is 1.13. The van der Waals surface area contributed by atoms with Gasteiger partial charge in [0.1, 0.15) is 24.8 Å². The number of amides is 2. The molecule has 2 amide bonds. The molecule has 43 heavy (non-hydrogen) atoms. The fourth-order valence-electron chi connectivity index (χ4n) is 5.14. The average molecular weight is 578 g/mol. The van der Waals surface area contributed by atoms with Crippen LogP contribution >= 0.6 is 0 Å². The standard InChI is InChI=1S/C32H31N7O4/c1-21(23-10-6-3-7-11-23)35-31-33-15-14-29(37-31)39-20-34-26-16-24(12-13-27(26)39)36-30(41)28-17-25(40)18-38(28)32(42)43-19-22-8-4-2-5-9-22/h2-16,20-21,25,28,40H,17-19H2,1H3,(H,36,41)(H,33,35,37)/t21-,25?,28+/m0/s1. The molecule has 0 saturated carbocycles. The molecule has 3 aromatic carbocycles. The highest BCUT2D eigenvalue weighted by Crippen LogP contribution is 2.25. The van der Waals surface area contributed by atoms with Crippen molar-refractivity contribution in [3.63, 3.8) is 0 Å². The molecule has 1 aliphatic heterocycles. The highest BCUT2D eigenvalue weighted by Gasteiger charge is 2.40. The van der Waals surface area contributed by atoms with Crippen LogP contribution in [0, 0.1) is 0 Å². The summed E-state index contributed by atoms with van der Waals surface area (Å²) in [7, 11) is 0. The molecule has 0 spiro atoms. The number of rotatable bonds is 8. The highest BCUT2D eigenvalue weighted by molar-refractivity contribution is 5.98. The number of anilines is 2. The minimum Gasteiger partial charge on any atom is -0.445 e. The monoisotopic (exact) mass is 577 g/mol. The maximum Gasteiger partial charge on any atom is 0.410 e. The van der Waals surface area contributed by atoms with E-state index in [0.29, 0.717) is 23.0 Å². The number of carbonyl (C=O) groups excluding carboxylic acids is 2. The van der Waals surface area contributed by atoms with E-state index < -0.39 is 24.1 Å². The van der Waals surface area contributed by atoms with E-state index in [9.17, 15) is 14.7 Å². The molecule has 3 atom stereocenters. The number of likely N-dealkylation sites (tertiary alicyclic amines) is 1. The molecular weight excluding hydrogens is 546 g/mol. The molecule has 1 unspecified atom stereocenters. The summed E-state index contributed by atoms with van der Waals surface area (Å²) in [4.78, 5) is 40.8. The molecule has 218 valence electrons. The molecule has 3 N–H and O–H groups in total. The van der Waals surface area contributed by atoms with Gasteiger partial charge in [-0.25, -0.2) is 14.8 Å². The van der Waals surface area contributed by atoms with Gasteiger partial charge >= 0.3 is 6.09 Å². The molecule has 11 nitrogen and oxygen atoms in total. The molecule has 1 fully saturated rings. The van der Waals surface area contributed by atoms with Gasteiger partial charge in [0, 0.05) is 18.3 Å². The number of aromatic nitrogens is 4. The molecular formula is C32H31N7O4. The number of β-amino-alcohol motifs (C(OH)–C–C–N with tert-alkyl or cyclic N) is 1. The first-order valence-corrected chi connectivity index (χ1v) is 14.0. The van der Waals surface area contributed by atoms with Crippen LogP contribution in [0.15, 0.2) is 97.5 Å². The molecule has 11 heteroatoms. The molecule has 3 heterocycles. The zero-order valence-corrected chi connectivity index (χ0v) is 23.5. The lowest BCUT2D eigenvalue weighted by Crippen LogP contribution is -2.43. The number of aliphatic hydroxyl groups is 1. The zero-order chi connectivity index (χ0) is 29.8. The van der Waals surface area contributed by atoms with E-state index >= 15 is 0 Å². The van der Waals surface area contributed by atoms with Crippen LogP contribution in [0.1, 0.15) is 30.5 Å². The number of imidazole rings is 1. The highest BCUT2D eigenvalue weighted by atomic mass is 16.6. The maximum atomic E-state index is 13.2. The smallest absolute Gasteiger partial charge is 0.410 e. The van der Waals surface area contributed by atoms with Crippen molar-refractivity contribution in [1.29, 1.82) is 0 Å². The van der Waals surface area contributed by atoms with Crippen molar-refractivity contribution in [2.24, 2.45) is 0 Å². The molecule has 1 aliphatic rings. The van der Waals surface area contributed by atoms with Gasteiger partial charge in [-0.3, -0.25) is 14.3 Å². The van der Waals surface area contributed by atoms with E-state index in [1.165, 1.54) is 4.90 Å². The van der Waals surface area contributed by atoms with Crippen LogP contribution in [0.3, 0.4) is 0 Å². The van der Waals surface area contributed by atoms with Gasteiger partial charge in [0.25, 0.3) is 0 Å². The second-order valence-electron chi connectivity index (χ2n) is 10.4. The van der Waals surface area contributed by atoms with Crippen LogP contribution < -0.4 is 10.6 Å². The van der Waals surface area contributed by atoms with Crippen molar-refractivity contribution in [1.82, 2.24) is 24.4 Å². The van der Waals surface area contributed by atoms with Gasteiger partial charge in [0.2, 0.25) is 11.9 Å². The Morgan fingerprint density at radius 1 is 1.02 bits per heavy atom. The second kappa shape index (κ2) is 12.3. The van der Waals surface area contributed by atoms with E-state index in [1.807, 2.05) is 78.2 Å². The summed E-state index contributed by atoms with van der Waals surface area (Å²) in [6.45, 7) is 2.15. The van der Waals surface area contributed by atoms with Gasteiger partial charge in [-0.15, -0.1) is 0 Å². The Labute approximate surface area is 248 Å². The third-order valence-corrected chi connectivity index (χ3v) is 7.37. The van der Waals surface area contributed by atoms with E-state index in [4.69, 9.17) is 4.74 Å². The Morgan fingerprint density at radius 2 is 1.79 bits per heavy atom. The van der Waals surface area contributed by atoms with E-state index in [2.05, 4.69) is 25.6 Å². The first kappa shape index (κ1) is 27.9. The lowest BCUT2D eigenvalue weighted by atomic mass is 10.1. The number of fused-ring (bicyclic) bond motifs is 1. The molecule has 0 aliphatic carbocycles. The van der Waals surface area contributed by atoms with Crippen LogP contribution in [-0.4, -0.2) is 60.2 Å². The summed E-state index contributed by atoms with van der Waals surface area (Å²) in [6, 6.07) is 25.7. The number of nitrogens with one attached hydrogen (secondary N) is 2. The van der Waals surface area contributed by atoms with Gasteiger partial charge in [0.05, 0.1) is 29.7 Å². The van der Waals surface area contributed by atoms with Crippen molar-refractivity contribution in [2.75, 3.05) is 17.2 Å². The Bertz CT molecular complexity index is 1730. The second-order valence-corrected chi connectivity index (χ2v) is 10.4. The van der Waals surface area contributed by atoms with E-state index in [-0.39, 0.29) is 25.6 Å². The van der Waals surface area contributed by atoms with Crippen LogP contribution in [0.2, 0.25) is 0 Å². The number of hydrogen-bond donors (Lipinski definition) is 3. The third-order valence-electron chi connectivity index (χ3n) is 7.37. The Kier molecular flexibility index (Phi) is 7.96. The summed E-state index contributed by atoms with van der Waals surface area (Å²) in [5.74, 6) is 0.720. The Hall–Kier alpha value is -5.29. The number of hydrogen-bond acceptors (Lipinski definition) is 8. The molecule has 6 rings (SSSR count). The summed E-state index contributed by atoms with van der Waals surface area (Å²) in [6.07, 6.45) is 2.01. The quantitative estimate of drug-likeness (QED) is 0.242. The first-order chi connectivity index (χ1) is 20.9. The molecule has 0 bridgehead atoms. The van der Waals surface area contributed by atoms with Crippen LogP contribution in [0.4, 0.5) is 16.4 Å². The van der Waals surface area contributed by atoms with Gasteiger partial charge in [-0.05, 0) is 42.3 Å². The van der Waals surface area contributed by atoms with Crippen LogP contribution in [0.5, 0.6) is 0 Å². The number of nitrogens with zero attached hydrogens (tertiary/aromatic N) is 5. The van der Waals surface area contributed by atoms with Gasteiger partial charge in [-0.2, -0.15) is 4.98 Å². The van der Waals surface area contributed by atoms with E-state index in [0.717, 1.165) is 16.6 Å². The molecule has 5 aromatic rings. The number of aliphatic hydroxyl groups excluding tert-OH is 1. The predicted octanol–water partition coefficient (Wildman–Crippen LogP) is 4.70. The average Bonchev–Trinajstić information content (AvgIpc) is 3.64. The topological polar surface area (TPSA) is 134 Å². The molecule has 1 saturated heterocycles. The third kappa shape index (κ3) is 6.31. The summed E-state index contributed by atoms with van der Waals surface area (Å²) >= 11 is 0. The lowest BCUT2D eigenvalue weighted by molar-refractivity contribution is -0.120. The normalized spacial score (nSPS) is 17.0. The summed E-state index contributed by atoms with van der Waals surface area (Å²) < 4.78 is 7.26. The fraction of sp³-hybridized carbons (Fsp3) is 0.219. The Morgan fingerprint density at radius 3 is 2.58 bits per heavy atom. The number of ether oxygens (including phenoxy) is 1. The lowest BCUT2D eigenvalue weighted by Gasteiger charge is -2.23. The van der Waals surface area contributed by atoms with Gasteiger partial charge in [0.15, 0.2) is 0 Å². The maximum absolute atomic E-state index is 13.2. The minimum absolute atomic E-state index is 0.0183. The predicted molar refractivity (Wildman–Crippen MR) is 162 cm³/mol. The minimum atomic E-state index is -0.864. The van der Waals surface area contributed by atoms with Crippen LogP contribution in [0.25, 0.3) is 16.9 Å². The zero-order valence-electron chi connectivity index (χ0n) is 23.5. The van der Waals surface area contributed by atoms with Gasteiger partial charge < -0.3 is 20.5 Å². The molecule has 0 radical (unpaired) electrons. The van der Waals surface area contributed by atoms with Crippen molar-refractivity contribution in [2.45, 2.75) is 38.1 Å². The van der Waals surface area contributed by atoms with Crippen molar-refractivity contribution in [3.05, 3.63) is 109 Å². The van der Waals surface area contributed by atoms with Crippen molar-refractivity contribution < 1.29 is 19.4 Å². The van der Waals surface area contributed by atoms with Gasteiger partial charge in [-0.1, -0.05) is 60.7 Å². The van der Waals surface area contributed by atoms with Crippen molar-refractivity contribution in [3.8, 4) is 5.82 Å². The summed E-state index contributed by atoms with van der Waals surface area (Å²) in [5, 5.41) is 16.4. The fourth-order valence-corrected chi connectivity index (χ4v) is 5.14. The SMILES string of the molecule is C[C@H](Nc1nccc(-n2cnc3cc(NC(=O)[C@H]4CC(O)CN4C(=O)OCc4ccccc4)ccc32)n1)c1ccccc1. The number of benzene rings is 3. The van der Waals surface area contributed by atoms with Crippen molar-refractivity contribution >= 4 is 34.7 Å². The summed E-state index contributed by atoms with van der Waals surface area (Å²) in [5.41, 5.74) is 3.91. The largest absolute Gasteiger partial charge is 0.445 e. The first-order valence-electron chi connectivity index (χ1n) is 14.0. The van der Waals surface area contributed by atoms with Crippen LogP contribution in [-0.2, 0) is 16.1 Å².